The van der Waals surface area contributed by atoms with Crippen molar-refractivity contribution < 1.29 is 4.74 Å². The molecule has 0 spiro atoms. The lowest BCUT2D eigenvalue weighted by molar-refractivity contribution is 0.415. The Morgan fingerprint density at radius 3 is 2.24 bits per heavy atom. The van der Waals surface area contributed by atoms with Crippen molar-refractivity contribution in [1.29, 1.82) is 0 Å². The van der Waals surface area contributed by atoms with Crippen LogP contribution in [0.2, 0.25) is 0 Å². The molecule has 5 aromatic rings. The van der Waals surface area contributed by atoms with Crippen molar-refractivity contribution in [2.45, 2.75) is 13.8 Å². The van der Waals surface area contributed by atoms with Gasteiger partial charge in [-0.3, -0.25) is 0 Å². The fraction of sp³-hybridized carbons (Fsp3) is 0.226. The SMILES string of the molecule is COc1ccc(-n2cc(-c3ccccc3)c3c(N4CCN(c5cc(C)ccc5C)CC4)ncnc32)cc1. The van der Waals surface area contributed by atoms with Gasteiger partial charge in [0.1, 0.15) is 17.9 Å². The monoisotopic (exact) mass is 489 g/mol. The molecule has 0 radical (unpaired) electrons. The van der Waals surface area contributed by atoms with Crippen LogP contribution >= 0.6 is 0 Å². The van der Waals surface area contributed by atoms with Crippen molar-refractivity contribution >= 4 is 22.5 Å². The van der Waals surface area contributed by atoms with Crippen LogP contribution in [0.1, 0.15) is 11.1 Å². The Bertz CT molecular complexity index is 1530. The molecule has 0 unspecified atom stereocenters. The summed E-state index contributed by atoms with van der Waals surface area (Å²) in [5.74, 6) is 1.83. The van der Waals surface area contributed by atoms with Gasteiger partial charge in [-0.15, -0.1) is 0 Å². The van der Waals surface area contributed by atoms with E-state index in [2.05, 4.69) is 95.1 Å². The second-order valence-corrected chi connectivity index (χ2v) is 9.64. The zero-order chi connectivity index (χ0) is 25.4. The summed E-state index contributed by atoms with van der Waals surface area (Å²) in [4.78, 5) is 14.5. The first-order valence-electron chi connectivity index (χ1n) is 12.8. The van der Waals surface area contributed by atoms with Gasteiger partial charge in [-0.1, -0.05) is 42.5 Å². The van der Waals surface area contributed by atoms with Crippen molar-refractivity contribution in [3.63, 3.8) is 0 Å². The first kappa shape index (κ1) is 23.1. The molecule has 3 heterocycles. The third-order valence-electron chi connectivity index (χ3n) is 7.28. The second kappa shape index (κ2) is 9.62. The Kier molecular flexibility index (Phi) is 6.01. The lowest BCUT2D eigenvalue weighted by atomic mass is 10.1. The van der Waals surface area contributed by atoms with E-state index in [1.54, 1.807) is 13.4 Å². The highest BCUT2D eigenvalue weighted by molar-refractivity contribution is 6.02. The third-order valence-corrected chi connectivity index (χ3v) is 7.28. The topological polar surface area (TPSA) is 46.4 Å². The summed E-state index contributed by atoms with van der Waals surface area (Å²) < 4.78 is 7.54. The Hall–Kier alpha value is -4.32. The molecular weight excluding hydrogens is 458 g/mol. The second-order valence-electron chi connectivity index (χ2n) is 9.64. The summed E-state index contributed by atoms with van der Waals surface area (Å²) >= 11 is 0. The number of hydrogen-bond acceptors (Lipinski definition) is 5. The van der Waals surface area contributed by atoms with E-state index in [-0.39, 0.29) is 0 Å². The van der Waals surface area contributed by atoms with Crippen LogP contribution in [0.25, 0.3) is 27.8 Å². The molecule has 0 saturated carbocycles. The first-order valence-corrected chi connectivity index (χ1v) is 12.8. The Morgan fingerprint density at radius 2 is 1.51 bits per heavy atom. The maximum absolute atomic E-state index is 5.37. The van der Waals surface area contributed by atoms with Crippen LogP contribution in [0.5, 0.6) is 5.75 Å². The molecule has 0 N–H and O–H groups in total. The minimum Gasteiger partial charge on any atom is -0.497 e. The van der Waals surface area contributed by atoms with Crippen LogP contribution in [-0.2, 0) is 0 Å². The molecule has 1 saturated heterocycles. The Balaban J connectivity index is 1.41. The van der Waals surface area contributed by atoms with Crippen LogP contribution < -0.4 is 14.5 Å². The fourth-order valence-corrected chi connectivity index (χ4v) is 5.28. The predicted molar refractivity (Wildman–Crippen MR) is 151 cm³/mol. The predicted octanol–water partition coefficient (Wildman–Crippen LogP) is 6.04. The summed E-state index contributed by atoms with van der Waals surface area (Å²) in [5.41, 5.74) is 8.20. The summed E-state index contributed by atoms with van der Waals surface area (Å²) in [6.07, 6.45) is 3.88. The number of piperazine rings is 1. The largest absolute Gasteiger partial charge is 0.497 e. The average molecular weight is 490 g/mol. The average Bonchev–Trinajstić information content (AvgIpc) is 3.35. The quantitative estimate of drug-likeness (QED) is 0.301. The number of hydrogen-bond donors (Lipinski definition) is 0. The van der Waals surface area contributed by atoms with Crippen LogP contribution in [0.15, 0.2) is 85.3 Å². The number of nitrogens with zero attached hydrogens (tertiary/aromatic N) is 5. The van der Waals surface area contributed by atoms with Crippen molar-refractivity contribution in [2.75, 3.05) is 43.1 Å². The van der Waals surface area contributed by atoms with Crippen LogP contribution in [0, 0.1) is 13.8 Å². The molecule has 6 heteroatoms. The lowest BCUT2D eigenvalue weighted by Crippen LogP contribution is -2.47. The molecule has 6 rings (SSSR count). The molecule has 0 atom stereocenters. The fourth-order valence-electron chi connectivity index (χ4n) is 5.28. The maximum Gasteiger partial charge on any atom is 0.150 e. The number of fused-ring (bicyclic) bond motifs is 1. The molecule has 37 heavy (non-hydrogen) atoms. The highest BCUT2D eigenvalue weighted by Crippen LogP contribution is 2.37. The van der Waals surface area contributed by atoms with Crippen LogP contribution in [0.3, 0.4) is 0 Å². The van der Waals surface area contributed by atoms with Crippen molar-refractivity contribution in [3.05, 3.63) is 96.4 Å². The molecule has 0 bridgehead atoms. The van der Waals surface area contributed by atoms with E-state index >= 15 is 0 Å². The molecule has 0 aliphatic carbocycles. The molecule has 6 nitrogen and oxygen atoms in total. The zero-order valence-electron chi connectivity index (χ0n) is 21.6. The maximum atomic E-state index is 5.37. The van der Waals surface area contributed by atoms with E-state index in [1.165, 1.54) is 16.8 Å². The molecule has 186 valence electrons. The highest BCUT2D eigenvalue weighted by atomic mass is 16.5. The third kappa shape index (κ3) is 4.29. The van der Waals surface area contributed by atoms with Gasteiger partial charge >= 0.3 is 0 Å². The number of aryl methyl sites for hydroxylation is 2. The van der Waals surface area contributed by atoms with Gasteiger partial charge in [0.15, 0.2) is 5.65 Å². The van der Waals surface area contributed by atoms with Crippen LogP contribution in [-0.4, -0.2) is 47.8 Å². The number of methoxy groups -OCH3 is 1. The van der Waals surface area contributed by atoms with Gasteiger partial charge in [-0.2, -0.15) is 0 Å². The van der Waals surface area contributed by atoms with E-state index in [1.807, 2.05) is 12.1 Å². The number of benzene rings is 3. The smallest absolute Gasteiger partial charge is 0.150 e. The van der Waals surface area contributed by atoms with Gasteiger partial charge in [-0.25, -0.2) is 9.97 Å². The number of ether oxygens (including phenoxy) is 1. The minimum absolute atomic E-state index is 0.834. The van der Waals surface area contributed by atoms with E-state index in [0.717, 1.165) is 65.6 Å². The molecule has 1 fully saturated rings. The van der Waals surface area contributed by atoms with E-state index in [0.29, 0.717) is 0 Å². The summed E-state index contributed by atoms with van der Waals surface area (Å²) in [6, 6.07) is 25.3. The number of aromatic nitrogens is 3. The van der Waals surface area contributed by atoms with Gasteiger partial charge < -0.3 is 19.1 Å². The lowest BCUT2D eigenvalue weighted by Gasteiger charge is -2.37. The first-order chi connectivity index (χ1) is 18.1. The Labute approximate surface area is 217 Å². The Morgan fingerprint density at radius 1 is 0.784 bits per heavy atom. The van der Waals surface area contributed by atoms with Crippen molar-refractivity contribution in [3.8, 4) is 22.6 Å². The zero-order valence-corrected chi connectivity index (χ0v) is 21.6. The molecular formula is C31H31N5O. The standard InChI is InChI=1S/C31H31N5O/c1-22-9-10-23(2)28(19-22)34-15-17-35(18-16-34)30-29-27(24-7-5-4-6-8-24)20-36(31(29)33-21-32-30)25-11-13-26(37-3)14-12-25/h4-14,19-21H,15-18H2,1-3H3. The van der Waals surface area contributed by atoms with Gasteiger partial charge in [0.05, 0.1) is 12.5 Å². The van der Waals surface area contributed by atoms with Gasteiger partial charge in [0.2, 0.25) is 0 Å². The van der Waals surface area contributed by atoms with Crippen LogP contribution in [0.4, 0.5) is 11.5 Å². The summed E-state index contributed by atoms with van der Waals surface area (Å²) in [6.45, 7) is 8.08. The molecule has 3 aromatic carbocycles. The molecule has 0 amide bonds. The summed E-state index contributed by atoms with van der Waals surface area (Å²) in [7, 11) is 1.69. The molecule has 1 aliphatic heterocycles. The molecule has 1 aliphatic rings. The van der Waals surface area contributed by atoms with Gasteiger partial charge in [-0.05, 0) is 60.9 Å². The summed E-state index contributed by atoms with van der Waals surface area (Å²) in [5, 5.41) is 1.09. The normalized spacial score (nSPS) is 13.8. The van der Waals surface area contributed by atoms with Crippen molar-refractivity contribution in [2.24, 2.45) is 0 Å². The number of rotatable bonds is 5. The number of anilines is 2. The minimum atomic E-state index is 0.834. The van der Waals surface area contributed by atoms with E-state index < -0.39 is 0 Å². The van der Waals surface area contributed by atoms with E-state index in [9.17, 15) is 0 Å². The molecule has 2 aromatic heterocycles. The highest BCUT2D eigenvalue weighted by Gasteiger charge is 2.24. The van der Waals surface area contributed by atoms with Gasteiger partial charge in [0, 0.05) is 49.3 Å². The van der Waals surface area contributed by atoms with E-state index in [4.69, 9.17) is 14.7 Å². The van der Waals surface area contributed by atoms with Gasteiger partial charge in [0.25, 0.3) is 0 Å². The van der Waals surface area contributed by atoms with Crippen molar-refractivity contribution in [1.82, 2.24) is 14.5 Å².